The summed E-state index contributed by atoms with van der Waals surface area (Å²) in [7, 11) is 1.60. The molecule has 0 unspecified atom stereocenters. The van der Waals surface area contributed by atoms with Crippen LogP contribution in [0.25, 0.3) is 10.9 Å². The third-order valence-corrected chi connectivity index (χ3v) is 8.47. The molecule has 3 aromatic rings. The first kappa shape index (κ1) is 28.5. The van der Waals surface area contributed by atoms with Gasteiger partial charge >= 0.3 is 5.97 Å². The number of likely N-dealkylation sites (tertiary alicyclic amines) is 1. The summed E-state index contributed by atoms with van der Waals surface area (Å²) in [6, 6.07) is 8.80. The van der Waals surface area contributed by atoms with Crippen molar-refractivity contribution >= 4 is 40.2 Å². The van der Waals surface area contributed by atoms with Crippen LogP contribution in [0.1, 0.15) is 37.3 Å². The number of rotatable bonds is 11. The maximum atomic E-state index is 13.5. The van der Waals surface area contributed by atoms with Gasteiger partial charge in [-0.15, -0.1) is 11.8 Å². The number of piperidine rings is 1. The highest BCUT2D eigenvalue weighted by molar-refractivity contribution is 7.99. The minimum atomic E-state index is -0.814. The van der Waals surface area contributed by atoms with Crippen molar-refractivity contribution in [3.63, 3.8) is 0 Å². The summed E-state index contributed by atoms with van der Waals surface area (Å²) in [6.45, 7) is 2.22. The van der Waals surface area contributed by atoms with Crippen LogP contribution in [-0.4, -0.2) is 53.5 Å². The van der Waals surface area contributed by atoms with Crippen LogP contribution in [0.4, 0.5) is 8.78 Å². The number of hydrogen-bond donors (Lipinski definition) is 2. The van der Waals surface area contributed by atoms with E-state index in [4.69, 9.17) is 22.1 Å². The van der Waals surface area contributed by atoms with Gasteiger partial charge in [0.2, 0.25) is 0 Å². The maximum Gasteiger partial charge on any atom is 0.303 e. The molecule has 0 aliphatic carbocycles. The Morgan fingerprint density at radius 2 is 2.03 bits per heavy atom. The lowest BCUT2D eigenvalue weighted by Crippen LogP contribution is -2.42. The Balaban J connectivity index is 1.37. The molecule has 0 saturated carbocycles. The van der Waals surface area contributed by atoms with E-state index < -0.39 is 17.6 Å². The van der Waals surface area contributed by atoms with Gasteiger partial charge in [0, 0.05) is 53.8 Å². The predicted molar refractivity (Wildman–Crippen MR) is 147 cm³/mol. The van der Waals surface area contributed by atoms with Gasteiger partial charge in [0.25, 0.3) is 0 Å². The number of thioether (sulfide) groups is 1. The summed E-state index contributed by atoms with van der Waals surface area (Å²) < 4.78 is 32.3. The smallest absolute Gasteiger partial charge is 0.303 e. The summed E-state index contributed by atoms with van der Waals surface area (Å²) in [6.07, 6.45) is 4.02. The average Bonchev–Trinajstić information content (AvgIpc) is 2.86. The molecule has 0 radical (unpaired) electrons. The molecule has 38 heavy (non-hydrogen) atoms. The van der Waals surface area contributed by atoms with Gasteiger partial charge in [-0.25, -0.2) is 8.78 Å². The number of nitrogens with zero attached hydrogens (tertiary/aromatic N) is 2. The molecule has 2 aromatic carbocycles. The van der Waals surface area contributed by atoms with Gasteiger partial charge < -0.3 is 20.5 Å². The van der Waals surface area contributed by atoms with Crippen molar-refractivity contribution in [3.05, 3.63) is 64.8 Å². The fourth-order valence-corrected chi connectivity index (χ4v) is 6.58. The van der Waals surface area contributed by atoms with E-state index in [1.165, 1.54) is 23.9 Å². The molecule has 1 saturated heterocycles. The standard InChI is InChI=1S/C28H32ClF2N3O3S/c1-37-21-3-5-26-23(14-21)28(24(29)15-33-26)25(32)4-2-17-6-7-34(16-18(17)10-27(35)36)8-9-38-22-12-19(30)11-20(31)13-22/h3,5,11-15,17-18,25H,2,4,6-10,16,32H2,1H3,(H,35,36)/t17-,18+,25+/m1/s1. The molecule has 3 atom stereocenters. The zero-order valence-electron chi connectivity index (χ0n) is 21.2. The van der Waals surface area contributed by atoms with Crippen molar-refractivity contribution in [2.45, 2.75) is 36.6 Å². The number of ether oxygens (including phenoxy) is 1. The molecule has 6 nitrogen and oxygen atoms in total. The molecular weight excluding hydrogens is 532 g/mol. The van der Waals surface area contributed by atoms with Crippen LogP contribution in [0.2, 0.25) is 5.02 Å². The van der Waals surface area contributed by atoms with Gasteiger partial charge in [0.15, 0.2) is 0 Å². The zero-order valence-corrected chi connectivity index (χ0v) is 22.8. The first-order chi connectivity index (χ1) is 18.2. The monoisotopic (exact) mass is 563 g/mol. The molecule has 0 amide bonds. The Kier molecular flexibility index (Phi) is 9.81. The van der Waals surface area contributed by atoms with E-state index in [0.29, 0.717) is 40.9 Å². The Morgan fingerprint density at radius 3 is 2.74 bits per heavy atom. The Hall–Kier alpha value is -2.46. The number of carboxylic acid groups (broad SMARTS) is 1. The average molecular weight is 564 g/mol. The molecule has 10 heteroatoms. The topological polar surface area (TPSA) is 88.7 Å². The lowest BCUT2D eigenvalue weighted by Gasteiger charge is -2.38. The number of aliphatic carboxylic acids is 1. The molecular formula is C28H32ClF2N3O3S. The van der Waals surface area contributed by atoms with Crippen molar-refractivity contribution in [3.8, 4) is 5.75 Å². The molecule has 204 valence electrons. The van der Waals surface area contributed by atoms with Crippen molar-refractivity contribution < 1.29 is 23.4 Å². The lowest BCUT2D eigenvalue weighted by molar-refractivity contribution is -0.139. The highest BCUT2D eigenvalue weighted by Crippen LogP contribution is 2.36. The highest BCUT2D eigenvalue weighted by atomic mass is 35.5. The number of fused-ring (bicyclic) bond motifs is 1. The van der Waals surface area contributed by atoms with Crippen LogP contribution in [0.3, 0.4) is 0 Å². The quantitative estimate of drug-likeness (QED) is 0.270. The van der Waals surface area contributed by atoms with Crippen molar-refractivity contribution in [2.24, 2.45) is 17.6 Å². The Labute approximate surface area is 230 Å². The summed E-state index contributed by atoms with van der Waals surface area (Å²) in [5.41, 5.74) is 8.27. The number of methoxy groups -OCH3 is 1. The molecule has 4 rings (SSSR count). The Morgan fingerprint density at radius 1 is 1.26 bits per heavy atom. The van der Waals surface area contributed by atoms with Gasteiger partial charge in [-0.1, -0.05) is 11.6 Å². The Bertz CT molecular complexity index is 1260. The minimum Gasteiger partial charge on any atom is -0.497 e. The molecule has 2 heterocycles. The van der Waals surface area contributed by atoms with E-state index in [1.807, 2.05) is 18.2 Å². The van der Waals surface area contributed by atoms with Crippen LogP contribution in [0, 0.1) is 23.5 Å². The van der Waals surface area contributed by atoms with Gasteiger partial charge in [-0.2, -0.15) is 0 Å². The van der Waals surface area contributed by atoms with E-state index in [9.17, 15) is 18.7 Å². The molecule has 0 spiro atoms. The number of carboxylic acids is 1. The molecule has 3 N–H and O–H groups in total. The van der Waals surface area contributed by atoms with E-state index >= 15 is 0 Å². The van der Waals surface area contributed by atoms with Crippen LogP contribution in [0.15, 0.2) is 47.5 Å². The second-order valence-electron chi connectivity index (χ2n) is 9.75. The van der Waals surface area contributed by atoms with Crippen LogP contribution in [0.5, 0.6) is 5.75 Å². The number of hydrogen-bond acceptors (Lipinski definition) is 6. The first-order valence-corrected chi connectivity index (χ1v) is 14.0. The summed E-state index contributed by atoms with van der Waals surface area (Å²) in [5.74, 6) is -0.415. The van der Waals surface area contributed by atoms with Crippen molar-refractivity contribution in [1.29, 1.82) is 0 Å². The molecule has 1 aromatic heterocycles. The fraction of sp³-hybridized carbons (Fsp3) is 0.429. The zero-order chi connectivity index (χ0) is 27.2. The molecule has 0 bridgehead atoms. The number of nitrogens with two attached hydrogens (primary N) is 1. The second-order valence-corrected chi connectivity index (χ2v) is 11.3. The summed E-state index contributed by atoms with van der Waals surface area (Å²) in [4.78, 5) is 18.8. The minimum absolute atomic E-state index is 0.00480. The second kappa shape index (κ2) is 13.1. The van der Waals surface area contributed by atoms with Gasteiger partial charge in [-0.05, 0) is 73.5 Å². The number of aromatic nitrogens is 1. The third kappa shape index (κ3) is 7.34. The molecule has 1 aliphatic heterocycles. The van der Waals surface area contributed by atoms with Gasteiger partial charge in [0.1, 0.15) is 17.4 Å². The van der Waals surface area contributed by atoms with E-state index in [2.05, 4.69) is 9.88 Å². The van der Waals surface area contributed by atoms with Crippen LogP contribution in [-0.2, 0) is 4.79 Å². The van der Waals surface area contributed by atoms with Crippen molar-refractivity contribution in [2.75, 3.05) is 32.5 Å². The summed E-state index contributed by atoms with van der Waals surface area (Å²) in [5, 5.41) is 10.9. The number of carbonyl (C=O) groups is 1. The van der Waals surface area contributed by atoms with Gasteiger partial charge in [-0.3, -0.25) is 9.78 Å². The predicted octanol–water partition coefficient (Wildman–Crippen LogP) is 6.16. The third-order valence-electron chi connectivity index (χ3n) is 7.21. The molecule has 1 fully saturated rings. The highest BCUT2D eigenvalue weighted by Gasteiger charge is 2.31. The first-order valence-electron chi connectivity index (χ1n) is 12.6. The molecule has 1 aliphatic rings. The van der Waals surface area contributed by atoms with Crippen LogP contribution < -0.4 is 10.5 Å². The number of pyridine rings is 1. The van der Waals surface area contributed by atoms with E-state index in [0.717, 1.165) is 41.9 Å². The fourth-order valence-electron chi connectivity index (χ4n) is 5.31. The summed E-state index contributed by atoms with van der Waals surface area (Å²) >= 11 is 7.92. The van der Waals surface area contributed by atoms with Crippen LogP contribution >= 0.6 is 23.4 Å². The number of benzene rings is 2. The van der Waals surface area contributed by atoms with Gasteiger partial charge in [0.05, 0.1) is 17.6 Å². The largest absolute Gasteiger partial charge is 0.497 e. The normalized spacial score (nSPS) is 19.0. The van der Waals surface area contributed by atoms with E-state index in [-0.39, 0.29) is 24.3 Å². The maximum absolute atomic E-state index is 13.5. The van der Waals surface area contributed by atoms with Crippen molar-refractivity contribution in [1.82, 2.24) is 9.88 Å². The van der Waals surface area contributed by atoms with E-state index in [1.54, 1.807) is 13.3 Å². The SMILES string of the molecule is COc1ccc2ncc(Cl)c([C@@H](N)CC[C@@H]3CCN(CCSc4cc(F)cc(F)c4)C[C@@H]3CC(=O)O)c2c1. The lowest BCUT2D eigenvalue weighted by atomic mass is 9.79. The number of halogens is 3.